The summed E-state index contributed by atoms with van der Waals surface area (Å²) in [6, 6.07) is 10.2. The van der Waals surface area contributed by atoms with E-state index in [-0.39, 0.29) is 18.5 Å². The van der Waals surface area contributed by atoms with E-state index < -0.39 is 0 Å². The molecule has 0 unspecified atom stereocenters. The first-order valence-electron chi connectivity index (χ1n) is 6.14. The molecule has 0 saturated heterocycles. The van der Waals surface area contributed by atoms with Gasteiger partial charge in [-0.3, -0.25) is 4.79 Å². The molecular formula is C15H20O3. The molecule has 1 aromatic rings. The fourth-order valence-corrected chi connectivity index (χ4v) is 1.81. The highest BCUT2D eigenvalue weighted by Gasteiger charge is 2.11. The quantitative estimate of drug-likeness (QED) is 0.595. The third kappa shape index (κ3) is 5.64. The molecule has 0 saturated carbocycles. The van der Waals surface area contributed by atoms with Gasteiger partial charge in [-0.15, -0.1) is 0 Å². The first kappa shape index (κ1) is 14.5. The van der Waals surface area contributed by atoms with Crippen molar-refractivity contribution in [3.8, 4) is 0 Å². The lowest BCUT2D eigenvalue weighted by atomic mass is 9.96. The largest absolute Gasteiger partial charge is 0.469 e. The smallest absolute Gasteiger partial charge is 0.306 e. The molecule has 0 aromatic heterocycles. The minimum atomic E-state index is -0.212. The van der Waals surface area contributed by atoms with Gasteiger partial charge in [-0.25, -0.2) is 0 Å². The lowest BCUT2D eigenvalue weighted by Crippen LogP contribution is -2.09. The van der Waals surface area contributed by atoms with Gasteiger partial charge in [0.25, 0.3) is 0 Å². The van der Waals surface area contributed by atoms with Crippen molar-refractivity contribution >= 4 is 5.97 Å². The second kappa shape index (κ2) is 8.48. The number of rotatable bonds is 7. The van der Waals surface area contributed by atoms with Crippen molar-refractivity contribution in [3.63, 3.8) is 0 Å². The van der Waals surface area contributed by atoms with Crippen LogP contribution in [0.1, 0.15) is 18.4 Å². The van der Waals surface area contributed by atoms with Crippen LogP contribution in [0.5, 0.6) is 0 Å². The molecule has 1 atom stereocenters. The molecule has 0 aliphatic carbocycles. The van der Waals surface area contributed by atoms with Gasteiger partial charge in [0, 0.05) is 0 Å². The summed E-state index contributed by atoms with van der Waals surface area (Å²) in [5, 5.41) is 8.79. The van der Waals surface area contributed by atoms with E-state index in [0.717, 1.165) is 12.8 Å². The summed E-state index contributed by atoms with van der Waals surface area (Å²) in [5.74, 6) is -0.0968. The number of carbonyl (C=O) groups is 1. The van der Waals surface area contributed by atoms with Crippen LogP contribution in [-0.4, -0.2) is 24.8 Å². The summed E-state index contributed by atoms with van der Waals surface area (Å²) in [5.41, 5.74) is 1.25. The van der Waals surface area contributed by atoms with Crippen LogP contribution in [0.25, 0.3) is 0 Å². The monoisotopic (exact) mass is 248 g/mol. The molecule has 0 aliphatic heterocycles. The average molecular weight is 248 g/mol. The van der Waals surface area contributed by atoms with Crippen LogP contribution in [-0.2, 0) is 16.0 Å². The Kier molecular flexibility index (Phi) is 6.81. The molecule has 0 heterocycles. The molecule has 1 aromatic carbocycles. The van der Waals surface area contributed by atoms with Crippen LogP contribution < -0.4 is 0 Å². The van der Waals surface area contributed by atoms with Gasteiger partial charge in [-0.05, 0) is 24.3 Å². The molecule has 0 spiro atoms. The Morgan fingerprint density at radius 3 is 2.72 bits per heavy atom. The van der Waals surface area contributed by atoms with Crippen molar-refractivity contribution in [2.24, 2.45) is 5.92 Å². The van der Waals surface area contributed by atoms with Crippen molar-refractivity contribution in [2.45, 2.75) is 19.3 Å². The van der Waals surface area contributed by atoms with Gasteiger partial charge >= 0.3 is 5.97 Å². The highest BCUT2D eigenvalue weighted by Crippen LogP contribution is 2.15. The second-order valence-corrected chi connectivity index (χ2v) is 4.18. The maximum atomic E-state index is 11.3. The summed E-state index contributed by atoms with van der Waals surface area (Å²) < 4.78 is 4.68. The van der Waals surface area contributed by atoms with Crippen molar-refractivity contribution < 1.29 is 14.6 Å². The van der Waals surface area contributed by atoms with E-state index in [1.807, 2.05) is 24.3 Å². The Bertz CT molecular complexity index is 371. The summed E-state index contributed by atoms with van der Waals surface area (Å²) >= 11 is 0. The third-order valence-electron chi connectivity index (χ3n) is 2.82. The summed E-state index contributed by atoms with van der Waals surface area (Å²) in [6.45, 7) is 0.00299. The van der Waals surface area contributed by atoms with Gasteiger partial charge in [0.05, 0.1) is 20.1 Å². The fourth-order valence-electron chi connectivity index (χ4n) is 1.81. The molecule has 3 nitrogen and oxygen atoms in total. The van der Waals surface area contributed by atoms with Crippen LogP contribution in [0.4, 0.5) is 0 Å². The molecular weight excluding hydrogens is 228 g/mol. The predicted octanol–water partition coefficient (Wildman–Crippen LogP) is 2.35. The number of carbonyl (C=O) groups excluding carboxylic acids is 1. The standard InChI is InChI=1S/C15H20O3/c1-18-15(17)12-14(8-5-11-16)10-9-13-6-3-2-4-7-13/h2-8,14,16H,9-12H2,1H3/b8-5+/t14-/m1/s1. The van der Waals surface area contributed by atoms with Crippen molar-refractivity contribution in [2.75, 3.05) is 13.7 Å². The van der Waals surface area contributed by atoms with Crippen LogP contribution >= 0.6 is 0 Å². The SMILES string of the molecule is COC(=O)C[C@H](/C=C/CO)CCc1ccccc1. The van der Waals surface area contributed by atoms with E-state index >= 15 is 0 Å². The molecule has 18 heavy (non-hydrogen) atoms. The number of allylic oxidation sites excluding steroid dienone is 1. The van der Waals surface area contributed by atoms with E-state index in [2.05, 4.69) is 16.9 Å². The second-order valence-electron chi connectivity index (χ2n) is 4.18. The Morgan fingerprint density at radius 1 is 1.39 bits per heavy atom. The van der Waals surface area contributed by atoms with E-state index in [0.29, 0.717) is 6.42 Å². The summed E-state index contributed by atoms with van der Waals surface area (Å²) in [6.07, 6.45) is 5.71. The minimum absolute atomic E-state index is 0.00299. The van der Waals surface area contributed by atoms with Crippen molar-refractivity contribution in [1.29, 1.82) is 0 Å². The molecule has 98 valence electrons. The number of ether oxygens (including phenoxy) is 1. The normalized spacial score (nSPS) is 12.6. The number of benzene rings is 1. The molecule has 3 heteroatoms. The van der Waals surface area contributed by atoms with Crippen LogP contribution in [0.3, 0.4) is 0 Å². The lowest BCUT2D eigenvalue weighted by Gasteiger charge is -2.11. The number of methoxy groups -OCH3 is 1. The molecule has 0 aliphatic rings. The van der Waals surface area contributed by atoms with E-state index in [1.54, 1.807) is 6.08 Å². The highest BCUT2D eigenvalue weighted by molar-refractivity contribution is 5.69. The van der Waals surface area contributed by atoms with Gasteiger partial charge in [0.15, 0.2) is 0 Å². The van der Waals surface area contributed by atoms with Crippen LogP contribution in [0.2, 0.25) is 0 Å². The van der Waals surface area contributed by atoms with Gasteiger partial charge in [-0.2, -0.15) is 0 Å². The van der Waals surface area contributed by atoms with E-state index in [9.17, 15) is 4.79 Å². The molecule has 0 radical (unpaired) electrons. The Hall–Kier alpha value is -1.61. The zero-order chi connectivity index (χ0) is 13.2. The zero-order valence-corrected chi connectivity index (χ0v) is 10.7. The maximum Gasteiger partial charge on any atom is 0.306 e. The predicted molar refractivity (Wildman–Crippen MR) is 71.1 cm³/mol. The number of aryl methyl sites for hydroxylation is 1. The van der Waals surface area contributed by atoms with Crippen LogP contribution in [0, 0.1) is 5.92 Å². The fraction of sp³-hybridized carbons (Fsp3) is 0.400. The van der Waals surface area contributed by atoms with E-state index in [1.165, 1.54) is 12.7 Å². The highest BCUT2D eigenvalue weighted by atomic mass is 16.5. The number of hydrogen-bond donors (Lipinski definition) is 1. The molecule has 1 N–H and O–H groups in total. The van der Waals surface area contributed by atoms with Gasteiger partial charge in [0.1, 0.15) is 0 Å². The lowest BCUT2D eigenvalue weighted by molar-refractivity contribution is -0.141. The van der Waals surface area contributed by atoms with Crippen molar-refractivity contribution in [3.05, 3.63) is 48.0 Å². The Balaban J connectivity index is 2.50. The van der Waals surface area contributed by atoms with E-state index in [4.69, 9.17) is 5.11 Å². The molecule has 0 bridgehead atoms. The minimum Gasteiger partial charge on any atom is -0.469 e. The van der Waals surface area contributed by atoms with Gasteiger partial charge in [0.2, 0.25) is 0 Å². The summed E-state index contributed by atoms with van der Waals surface area (Å²) in [7, 11) is 1.40. The van der Waals surface area contributed by atoms with Crippen molar-refractivity contribution in [1.82, 2.24) is 0 Å². The van der Waals surface area contributed by atoms with Crippen LogP contribution in [0.15, 0.2) is 42.5 Å². The number of hydrogen-bond acceptors (Lipinski definition) is 3. The van der Waals surface area contributed by atoms with Gasteiger partial charge < -0.3 is 9.84 Å². The number of esters is 1. The number of aliphatic hydroxyl groups excluding tert-OH is 1. The Morgan fingerprint density at radius 2 is 2.11 bits per heavy atom. The Labute approximate surface area is 108 Å². The molecule has 0 amide bonds. The summed E-state index contributed by atoms with van der Waals surface area (Å²) in [4.78, 5) is 11.3. The average Bonchev–Trinajstić information content (AvgIpc) is 2.42. The maximum absolute atomic E-state index is 11.3. The topological polar surface area (TPSA) is 46.5 Å². The first-order chi connectivity index (χ1) is 8.76. The molecule has 0 fully saturated rings. The number of aliphatic hydroxyl groups is 1. The van der Waals surface area contributed by atoms with Gasteiger partial charge in [-0.1, -0.05) is 42.5 Å². The first-order valence-corrected chi connectivity index (χ1v) is 6.14. The zero-order valence-electron chi connectivity index (χ0n) is 10.7. The third-order valence-corrected chi connectivity index (χ3v) is 2.82. The molecule has 1 rings (SSSR count).